The van der Waals surface area contributed by atoms with Crippen LogP contribution in [0.3, 0.4) is 0 Å². The molecule has 1 aliphatic rings. The van der Waals surface area contributed by atoms with Crippen molar-refractivity contribution in [2.45, 2.75) is 31.2 Å². The van der Waals surface area contributed by atoms with Crippen LogP contribution in [0.2, 0.25) is 0 Å². The first kappa shape index (κ1) is 22.9. The zero-order chi connectivity index (χ0) is 24.0. The Morgan fingerprint density at radius 2 is 1.76 bits per heavy atom. The Morgan fingerprint density at radius 3 is 2.47 bits per heavy atom. The minimum absolute atomic E-state index is 0.00447. The maximum Gasteiger partial charge on any atom is 0.337 e. The largest absolute Gasteiger partial charge is 0.465 e. The van der Waals surface area contributed by atoms with E-state index < -0.39 is 17.4 Å². The number of esters is 1. The van der Waals surface area contributed by atoms with Crippen molar-refractivity contribution < 1.29 is 14.3 Å². The summed E-state index contributed by atoms with van der Waals surface area (Å²) in [6.07, 6.45) is 5.22. The minimum Gasteiger partial charge on any atom is -0.465 e. The van der Waals surface area contributed by atoms with E-state index in [0.29, 0.717) is 17.0 Å². The van der Waals surface area contributed by atoms with Crippen LogP contribution in [-0.4, -0.2) is 24.0 Å². The number of carbonyl (C=O) groups is 2. The SMILES string of the molecule is COC(=O)c1cccc(-c2cccc(/C=C(\C#N)C(=O)NC3(c4ccccc4)CCCC3)n2)c1. The molecule has 6 nitrogen and oxygen atoms in total. The molecule has 6 heteroatoms. The van der Waals surface area contributed by atoms with Gasteiger partial charge in [0.05, 0.1) is 29.6 Å². The standard InChI is InChI=1S/C28H25N3O3/c1-34-27(33)21-10-7-9-20(17-21)25-14-8-13-24(30-25)18-22(19-29)26(32)31-28(15-5-6-16-28)23-11-3-2-4-12-23/h2-4,7-14,17-18H,5-6,15-16H2,1H3,(H,31,32)/b22-18+. The molecule has 34 heavy (non-hydrogen) atoms. The number of rotatable bonds is 6. The summed E-state index contributed by atoms with van der Waals surface area (Å²) in [7, 11) is 1.33. The van der Waals surface area contributed by atoms with Gasteiger partial charge in [0.25, 0.3) is 5.91 Å². The van der Waals surface area contributed by atoms with E-state index in [2.05, 4.69) is 10.3 Å². The summed E-state index contributed by atoms with van der Waals surface area (Å²) in [5.74, 6) is -0.839. The first-order chi connectivity index (χ1) is 16.5. The molecular weight excluding hydrogens is 426 g/mol. The highest BCUT2D eigenvalue weighted by molar-refractivity contribution is 6.02. The van der Waals surface area contributed by atoms with Crippen molar-refractivity contribution in [2.24, 2.45) is 0 Å². The fourth-order valence-corrected chi connectivity index (χ4v) is 4.42. The molecule has 0 spiro atoms. The van der Waals surface area contributed by atoms with E-state index >= 15 is 0 Å². The van der Waals surface area contributed by atoms with Crippen LogP contribution in [0.25, 0.3) is 17.3 Å². The van der Waals surface area contributed by atoms with Gasteiger partial charge in [-0.15, -0.1) is 0 Å². The van der Waals surface area contributed by atoms with E-state index in [1.165, 1.54) is 13.2 Å². The third-order valence-corrected chi connectivity index (χ3v) is 6.14. The molecule has 1 aliphatic carbocycles. The molecule has 1 N–H and O–H groups in total. The highest BCUT2D eigenvalue weighted by atomic mass is 16.5. The summed E-state index contributed by atoms with van der Waals surface area (Å²) in [6, 6.07) is 24.3. The molecule has 0 saturated heterocycles. The van der Waals surface area contributed by atoms with E-state index in [9.17, 15) is 14.9 Å². The molecule has 0 atom stereocenters. The van der Waals surface area contributed by atoms with Crippen molar-refractivity contribution in [3.63, 3.8) is 0 Å². The lowest BCUT2D eigenvalue weighted by molar-refractivity contribution is -0.119. The molecule has 3 aromatic rings. The van der Waals surface area contributed by atoms with Gasteiger partial charge >= 0.3 is 5.97 Å². The van der Waals surface area contributed by atoms with Gasteiger partial charge in [0.15, 0.2) is 0 Å². The minimum atomic E-state index is -0.460. The van der Waals surface area contributed by atoms with E-state index in [-0.39, 0.29) is 5.57 Å². The third-order valence-electron chi connectivity index (χ3n) is 6.14. The number of methoxy groups -OCH3 is 1. The fraction of sp³-hybridized carbons (Fsp3) is 0.214. The summed E-state index contributed by atoms with van der Waals surface area (Å²) >= 11 is 0. The zero-order valence-corrected chi connectivity index (χ0v) is 19.0. The van der Waals surface area contributed by atoms with Crippen molar-refractivity contribution in [2.75, 3.05) is 7.11 Å². The Morgan fingerprint density at radius 1 is 1.03 bits per heavy atom. The Hall–Kier alpha value is -4.24. The Bertz CT molecular complexity index is 1270. The number of carbonyl (C=O) groups excluding carboxylic acids is 2. The second-order valence-corrected chi connectivity index (χ2v) is 8.30. The van der Waals surface area contributed by atoms with E-state index in [1.807, 2.05) is 48.5 Å². The number of amides is 1. The zero-order valence-electron chi connectivity index (χ0n) is 19.0. The van der Waals surface area contributed by atoms with Gasteiger partial charge in [0.2, 0.25) is 0 Å². The molecule has 1 saturated carbocycles. The van der Waals surface area contributed by atoms with Crippen molar-refractivity contribution in [3.05, 3.63) is 95.2 Å². The summed E-state index contributed by atoms with van der Waals surface area (Å²) in [6.45, 7) is 0. The van der Waals surface area contributed by atoms with Gasteiger partial charge in [-0.1, -0.05) is 61.4 Å². The number of aromatic nitrogens is 1. The number of nitrogens with one attached hydrogen (secondary N) is 1. The van der Waals surface area contributed by atoms with Crippen molar-refractivity contribution in [3.8, 4) is 17.3 Å². The first-order valence-electron chi connectivity index (χ1n) is 11.2. The number of ether oxygens (including phenoxy) is 1. The Kier molecular flexibility index (Phi) is 6.84. The molecule has 4 rings (SSSR count). The summed E-state index contributed by atoms with van der Waals surface area (Å²) in [4.78, 5) is 29.6. The second-order valence-electron chi connectivity index (χ2n) is 8.30. The Labute approximate surface area is 198 Å². The van der Waals surface area contributed by atoms with Gasteiger partial charge in [-0.25, -0.2) is 9.78 Å². The number of nitriles is 1. The third kappa shape index (κ3) is 4.89. The average Bonchev–Trinajstić information content (AvgIpc) is 3.37. The highest BCUT2D eigenvalue weighted by Gasteiger charge is 2.37. The van der Waals surface area contributed by atoms with E-state index in [1.54, 1.807) is 30.3 Å². The molecule has 1 fully saturated rings. The van der Waals surface area contributed by atoms with Crippen LogP contribution in [-0.2, 0) is 15.1 Å². The van der Waals surface area contributed by atoms with Crippen molar-refractivity contribution >= 4 is 18.0 Å². The van der Waals surface area contributed by atoms with Crippen LogP contribution < -0.4 is 5.32 Å². The smallest absolute Gasteiger partial charge is 0.337 e. The number of hydrogen-bond donors (Lipinski definition) is 1. The maximum atomic E-state index is 13.1. The number of nitrogens with zero attached hydrogens (tertiary/aromatic N) is 2. The number of hydrogen-bond acceptors (Lipinski definition) is 5. The predicted octanol–water partition coefficient (Wildman–Crippen LogP) is 5.03. The highest BCUT2D eigenvalue weighted by Crippen LogP contribution is 2.38. The summed E-state index contributed by atoms with van der Waals surface area (Å²) < 4.78 is 4.79. The molecule has 170 valence electrons. The van der Waals surface area contributed by atoms with Crippen LogP contribution >= 0.6 is 0 Å². The average molecular weight is 452 g/mol. The monoisotopic (exact) mass is 451 g/mol. The molecule has 2 aromatic carbocycles. The fourth-order valence-electron chi connectivity index (χ4n) is 4.42. The molecule has 0 unspecified atom stereocenters. The van der Waals surface area contributed by atoms with Crippen molar-refractivity contribution in [1.29, 1.82) is 5.26 Å². The molecule has 0 radical (unpaired) electrons. The molecule has 0 bridgehead atoms. The normalized spacial score (nSPS) is 14.8. The predicted molar refractivity (Wildman–Crippen MR) is 129 cm³/mol. The molecule has 1 amide bonds. The van der Waals surface area contributed by atoms with Crippen LogP contribution in [0.15, 0.2) is 78.4 Å². The van der Waals surface area contributed by atoms with Crippen LogP contribution in [0.1, 0.15) is 47.3 Å². The van der Waals surface area contributed by atoms with Gasteiger partial charge in [-0.05, 0) is 48.7 Å². The van der Waals surface area contributed by atoms with Gasteiger partial charge in [-0.3, -0.25) is 4.79 Å². The Balaban J connectivity index is 1.60. The van der Waals surface area contributed by atoms with Crippen molar-refractivity contribution in [1.82, 2.24) is 10.3 Å². The quantitative estimate of drug-likeness (QED) is 0.322. The summed E-state index contributed by atoms with van der Waals surface area (Å²) in [5.41, 5.74) is 2.84. The maximum absolute atomic E-state index is 13.1. The van der Waals surface area contributed by atoms with Crippen LogP contribution in [0.5, 0.6) is 0 Å². The van der Waals surface area contributed by atoms with Crippen LogP contribution in [0, 0.1) is 11.3 Å². The lowest BCUT2D eigenvalue weighted by Gasteiger charge is -2.31. The van der Waals surface area contributed by atoms with Gasteiger partial charge < -0.3 is 10.1 Å². The van der Waals surface area contributed by atoms with Gasteiger partial charge in [0, 0.05) is 5.56 Å². The molecule has 1 heterocycles. The van der Waals surface area contributed by atoms with Gasteiger partial charge in [-0.2, -0.15) is 5.26 Å². The molecular formula is C28H25N3O3. The second kappa shape index (κ2) is 10.1. The number of pyridine rings is 1. The summed E-state index contributed by atoms with van der Waals surface area (Å²) in [5, 5.41) is 12.9. The lowest BCUT2D eigenvalue weighted by atomic mass is 9.88. The molecule has 1 aromatic heterocycles. The van der Waals surface area contributed by atoms with Crippen LogP contribution in [0.4, 0.5) is 0 Å². The van der Waals surface area contributed by atoms with Gasteiger partial charge in [0.1, 0.15) is 11.6 Å². The first-order valence-corrected chi connectivity index (χ1v) is 11.2. The lowest BCUT2D eigenvalue weighted by Crippen LogP contribution is -2.44. The molecule has 0 aliphatic heterocycles. The van der Waals surface area contributed by atoms with E-state index in [4.69, 9.17) is 4.74 Å². The topological polar surface area (TPSA) is 92.1 Å². The number of benzene rings is 2. The van der Waals surface area contributed by atoms with E-state index in [0.717, 1.165) is 36.8 Å².